The Balaban J connectivity index is 2.63. The molecule has 0 aliphatic heterocycles. The van der Waals surface area contributed by atoms with Crippen molar-refractivity contribution in [1.82, 2.24) is 0 Å². The summed E-state index contributed by atoms with van der Waals surface area (Å²) in [5.41, 5.74) is 1.32. The lowest BCUT2D eigenvalue weighted by atomic mass is 10.1. The number of methoxy groups -OCH3 is 1. The first kappa shape index (κ1) is 11.2. The van der Waals surface area contributed by atoms with Gasteiger partial charge >= 0.3 is 5.63 Å². The van der Waals surface area contributed by atoms with Crippen LogP contribution in [0.5, 0.6) is 5.75 Å². The van der Waals surface area contributed by atoms with E-state index < -0.39 is 5.63 Å². The first-order chi connectivity index (χ1) is 8.76. The third-order valence-corrected chi connectivity index (χ3v) is 3.17. The Hall–Kier alpha value is -1.94. The van der Waals surface area contributed by atoms with Crippen LogP contribution < -0.4 is 10.4 Å². The van der Waals surface area contributed by atoms with Gasteiger partial charge in [0.2, 0.25) is 5.75 Å². The second-order valence-corrected chi connectivity index (χ2v) is 4.07. The molecule has 0 saturated heterocycles. The van der Waals surface area contributed by atoms with Gasteiger partial charge in [-0.2, -0.15) is 0 Å². The van der Waals surface area contributed by atoms with Crippen molar-refractivity contribution >= 4 is 33.5 Å². The summed E-state index contributed by atoms with van der Waals surface area (Å²) in [5.74, 6) is 0.709. The molecule has 3 aromatic rings. The number of fused-ring (bicyclic) bond motifs is 2. The monoisotopic (exact) mass is 264 g/mol. The Morgan fingerprint density at radius 3 is 2.72 bits per heavy atom. The second kappa shape index (κ2) is 4.07. The van der Waals surface area contributed by atoms with Crippen molar-refractivity contribution < 1.29 is 13.6 Å². The third-order valence-electron chi connectivity index (χ3n) is 2.90. The van der Waals surface area contributed by atoms with Crippen LogP contribution in [0.15, 0.2) is 38.1 Å². The zero-order valence-electron chi connectivity index (χ0n) is 9.53. The minimum absolute atomic E-state index is 0.296. The van der Waals surface area contributed by atoms with E-state index in [-0.39, 0.29) is 0 Å². The van der Waals surface area contributed by atoms with E-state index in [2.05, 4.69) is 0 Å². The lowest BCUT2D eigenvalue weighted by molar-refractivity contribution is 0.402. The summed E-state index contributed by atoms with van der Waals surface area (Å²) in [6, 6.07) is 4.87. The number of rotatable bonds is 2. The van der Waals surface area contributed by atoms with Crippen molar-refractivity contribution in [1.29, 1.82) is 0 Å². The molecule has 0 fully saturated rings. The van der Waals surface area contributed by atoms with Crippen molar-refractivity contribution in [2.24, 2.45) is 0 Å². The van der Waals surface area contributed by atoms with Crippen LogP contribution in [0.3, 0.4) is 0 Å². The van der Waals surface area contributed by atoms with Crippen molar-refractivity contribution in [2.75, 3.05) is 7.11 Å². The summed E-state index contributed by atoms with van der Waals surface area (Å²) in [6.45, 7) is 0. The first-order valence-corrected chi connectivity index (χ1v) is 5.85. The Labute approximate surface area is 107 Å². The highest BCUT2D eigenvalue weighted by atomic mass is 35.5. The molecule has 18 heavy (non-hydrogen) atoms. The molecule has 0 bridgehead atoms. The Kier molecular flexibility index (Phi) is 2.52. The summed E-state index contributed by atoms with van der Waals surface area (Å²) in [7, 11) is 1.50. The van der Waals surface area contributed by atoms with Gasteiger partial charge in [-0.05, 0) is 17.7 Å². The molecule has 0 aliphatic carbocycles. The van der Waals surface area contributed by atoms with E-state index in [0.717, 1.165) is 16.3 Å². The van der Waals surface area contributed by atoms with Gasteiger partial charge in [0.15, 0.2) is 11.2 Å². The fourth-order valence-electron chi connectivity index (χ4n) is 2.12. The van der Waals surface area contributed by atoms with Gasteiger partial charge in [0, 0.05) is 22.7 Å². The van der Waals surface area contributed by atoms with Crippen molar-refractivity contribution in [3.05, 3.63) is 40.4 Å². The van der Waals surface area contributed by atoms with Crippen molar-refractivity contribution in [2.45, 2.75) is 5.88 Å². The van der Waals surface area contributed by atoms with Crippen LogP contribution in [0.1, 0.15) is 5.56 Å². The molecule has 2 aromatic heterocycles. The topological polar surface area (TPSA) is 52.6 Å². The summed E-state index contributed by atoms with van der Waals surface area (Å²) in [6.07, 6.45) is 1.56. The number of hydrogen-bond acceptors (Lipinski definition) is 4. The van der Waals surface area contributed by atoms with Gasteiger partial charge in [-0.3, -0.25) is 0 Å². The molecule has 92 valence electrons. The van der Waals surface area contributed by atoms with Gasteiger partial charge < -0.3 is 13.6 Å². The molecule has 0 saturated carbocycles. The maximum absolute atomic E-state index is 11.3. The fourth-order valence-corrected chi connectivity index (χ4v) is 2.41. The Morgan fingerprint density at radius 2 is 2.00 bits per heavy atom. The molecule has 3 rings (SSSR count). The maximum atomic E-state index is 11.3. The molecule has 4 nitrogen and oxygen atoms in total. The molecule has 1 aromatic carbocycles. The molecule has 0 amide bonds. The zero-order chi connectivity index (χ0) is 12.7. The smallest absolute Gasteiger partial charge is 0.336 e. The minimum atomic E-state index is -0.438. The van der Waals surface area contributed by atoms with Gasteiger partial charge in [0.05, 0.1) is 13.4 Å². The van der Waals surface area contributed by atoms with E-state index in [4.69, 9.17) is 25.2 Å². The van der Waals surface area contributed by atoms with Crippen LogP contribution >= 0.6 is 11.6 Å². The average molecular weight is 265 g/mol. The van der Waals surface area contributed by atoms with Gasteiger partial charge in [-0.15, -0.1) is 11.6 Å². The normalized spacial score (nSPS) is 11.2. The molecule has 0 N–H and O–H groups in total. The quantitative estimate of drug-likeness (QED) is 0.526. The number of alkyl halides is 1. The highest BCUT2D eigenvalue weighted by Crippen LogP contribution is 2.38. The Bertz CT molecular complexity index is 785. The van der Waals surface area contributed by atoms with E-state index in [9.17, 15) is 4.79 Å². The summed E-state index contributed by atoms with van der Waals surface area (Å²) in [5, 5.41) is 1.62. The molecule has 5 heteroatoms. The van der Waals surface area contributed by atoms with E-state index in [0.29, 0.717) is 22.8 Å². The third kappa shape index (κ3) is 1.42. The molecule has 0 spiro atoms. The lowest BCUT2D eigenvalue weighted by Crippen LogP contribution is -1.98. The number of hydrogen-bond donors (Lipinski definition) is 0. The lowest BCUT2D eigenvalue weighted by Gasteiger charge is -2.08. The second-order valence-electron chi connectivity index (χ2n) is 3.81. The zero-order valence-corrected chi connectivity index (χ0v) is 10.3. The molecule has 0 atom stereocenters. The molecule has 0 unspecified atom stereocenters. The van der Waals surface area contributed by atoms with Crippen LogP contribution in [-0.4, -0.2) is 7.11 Å². The van der Waals surface area contributed by atoms with Gasteiger partial charge in [0.25, 0.3) is 0 Å². The SMILES string of the molecule is COc1c2occc2c(CCl)c2ccc(=O)oc12. The summed E-state index contributed by atoms with van der Waals surface area (Å²) >= 11 is 5.97. The standard InChI is InChI=1S/C13H9ClO4/c1-16-13-11-8(4-5-17-11)9(6-14)7-2-3-10(15)18-12(7)13/h2-5H,6H2,1H3. The molecular formula is C13H9ClO4. The van der Waals surface area contributed by atoms with Crippen LogP contribution in [0, 0.1) is 0 Å². The number of benzene rings is 1. The van der Waals surface area contributed by atoms with Crippen molar-refractivity contribution in [3.8, 4) is 5.75 Å². The molecular weight excluding hydrogens is 256 g/mol. The maximum Gasteiger partial charge on any atom is 0.336 e. The highest BCUT2D eigenvalue weighted by Gasteiger charge is 2.18. The summed E-state index contributed by atoms with van der Waals surface area (Å²) < 4.78 is 15.9. The van der Waals surface area contributed by atoms with Crippen LogP contribution in [0.4, 0.5) is 0 Å². The van der Waals surface area contributed by atoms with Crippen LogP contribution in [0.2, 0.25) is 0 Å². The largest absolute Gasteiger partial charge is 0.490 e. The van der Waals surface area contributed by atoms with Crippen molar-refractivity contribution in [3.63, 3.8) is 0 Å². The van der Waals surface area contributed by atoms with Crippen LogP contribution in [-0.2, 0) is 5.88 Å². The predicted octanol–water partition coefficient (Wildman–Crippen LogP) is 3.29. The summed E-state index contributed by atoms with van der Waals surface area (Å²) in [4.78, 5) is 11.3. The van der Waals surface area contributed by atoms with Gasteiger partial charge in [0.1, 0.15) is 0 Å². The van der Waals surface area contributed by atoms with Gasteiger partial charge in [-0.1, -0.05) is 0 Å². The number of ether oxygens (including phenoxy) is 1. The van der Waals surface area contributed by atoms with Gasteiger partial charge in [-0.25, -0.2) is 4.79 Å². The fraction of sp³-hybridized carbons (Fsp3) is 0.154. The average Bonchev–Trinajstić information content (AvgIpc) is 2.84. The number of halogens is 1. The number of furan rings is 1. The van der Waals surface area contributed by atoms with E-state index in [1.165, 1.54) is 13.2 Å². The predicted molar refractivity (Wildman–Crippen MR) is 68.4 cm³/mol. The minimum Gasteiger partial charge on any atom is -0.490 e. The van der Waals surface area contributed by atoms with E-state index >= 15 is 0 Å². The van der Waals surface area contributed by atoms with E-state index in [1.807, 2.05) is 6.07 Å². The molecule has 0 aliphatic rings. The first-order valence-electron chi connectivity index (χ1n) is 5.32. The van der Waals surface area contributed by atoms with Crippen LogP contribution in [0.25, 0.3) is 21.9 Å². The molecule has 0 radical (unpaired) electrons. The Morgan fingerprint density at radius 1 is 1.22 bits per heavy atom. The van der Waals surface area contributed by atoms with E-state index in [1.54, 1.807) is 12.3 Å². The highest BCUT2D eigenvalue weighted by molar-refractivity contribution is 6.20. The molecule has 2 heterocycles.